The molecule has 3 aromatic rings. The van der Waals surface area contributed by atoms with Gasteiger partial charge in [-0.3, -0.25) is 14.5 Å². The molecule has 0 unspecified atom stereocenters. The second kappa shape index (κ2) is 8.03. The molecule has 5 rings (SSSR count). The lowest BCUT2D eigenvalue weighted by Gasteiger charge is -2.35. The standard InChI is InChI=1S/C23H24N4O4/c1-14(21-25-18-5-3-2-4-17(18)23(29)26-21)27-10-8-15(9-11-27)22(28)24-16-6-7-19-20(12-16)31-13-30-19/h2-7,12,14-15H,8-11,13H2,1H3,(H,24,28)(H,25,26,29)/t14-/m1/s1. The summed E-state index contributed by atoms with van der Waals surface area (Å²) in [5.41, 5.74) is 1.29. The smallest absolute Gasteiger partial charge is 0.258 e. The lowest BCUT2D eigenvalue weighted by Crippen LogP contribution is -2.40. The maximum absolute atomic E-state index is 12.7. The quantitative estimate of drug-likeness (QED) is 0.673. The second-order valence-electron chi connectivity index (χ2n) is 8.01. The van der Waals surface area contributed by atoms with E-state index in [9.17, 15) is 9.59 Å². The van der Waals surface area contributed by atoms with Crippen molar-refractivity contribution in [2.75, 3.05) is 25.2 Å². The molecular weight excluding hydrogens is 396 g/mol. The fourth-order valence-corrected chi connectivity index (χ4v) is 4.24. The lowest BCUT2D eigenvalue weighted by atomic mass is 9.94. The van der Waals surface area contributed by atoms with Crippen molar-refractivity contribution >= 4 is 22.5 Å². The zero-order valence-electron chi connectivity index (χ0n) is 17.3. The Morgan fingerprint density at radius 3 is 2.77 bits per heavy atom. The molecule has 1 amide bonds. The van der Waals surface area contributed by atoms with Gasteiger partial charge in [0, 0.05) is 17.7 Å². The third-order valence-electron chi connectivity index (χ3n) is 6.12. The number of nitrogens with zero attached hydrogens (tertiary/aromatic N) is 2. The number of anilines is 1. The normalized spacial score (nSPS) is 17.6. The molecular formula is C23H24N4O4. The van der Waals surface area contributed by atoms with Crippen LogP contribution >= 0.6 is 0 Å². The lowest BCUT2D eigenvalue weighted by molar-refractivity contribution is -0.121. The van der Waals surface area contributed by atoms with Crippen LogP contribution in [0.4, 0.5) is 5.69 Å². The van der Waals surface area contributed by atoms with Gasteiger partial charge in [-0.1, -0.05) is 12.1 Å². The highest BCUT2D eigenvalue weighted by molar-refractivity contribution is 5.93. The predicted octanol–water partition coefficient (Wildman–Crippen LogP) is 3.06. The Morgan fingerprint density at radius 1 is 1.16 bits per heavy atom. The molecule has 8 heteroatoms. The highest BCUT2D eigenvalue weighted by Gasteiger charge is 2.29. The topological polar surface area (TPSA) is 96.6 Å². The van der Waals surface area contributed by atoms with Crippen LogP contribution in [0.25, 0.3) is 10.9 Å². The molecule has 0 aliphatic carbocycles. The van der Waals surface area contributed by atoms with Gasteiger partial charge >= 0.3 is 0 Å². The summed E-state index contributed by atoms with van der Waals surface area (Å²) in [7, 11) is 0. The number of H-pyrrole nitrogens is 1. The van der Waals surface area contributed by atoms with Crippen LogP contribution in [-0.4, -0.2) is 40.7 Å². The van der Waals surface area contributed by atoms with Gasteiger partial charge in [0.05, 0.1) is 16.9 Å². The molecule has 0 bridgehead atoms. The highest BCUT2D eigenvalue weighted by Crippen LogP contribution is 2.34. The zero-order chi connectivity index (χ0) is 21.4. The molecule has 2 aromatic carbocycles. The Balaban J connectivity index is 1.22. The molecule has 3 heterocycles. The maximum Gasteiger partial charge on any atom is 0.258 e. The molecule has 160 valence electrons. The summed E-state index contributed by atoms with van der Waals surface area (Å²) in [4.78, 5) is 35.0. The van der Waals surface area contributed by atoms with E-state index >= 15 is 0 Å². The van der Waals surface area contributed by atoms with Crippen LogP contribution in [0.3, 0.4) is 0 Å². The Kier molecular flexibility index (Phi) is 5.07. The van der Waals surface area contributed by atoms with Crippen molar-refractivity contribution in [1.29, 1.82) is 0 Å². The fraction of sp³-hybridized carbons (Fsp3) is 0.348. The van der Waals surface area contributed by atoms with Crippen LogP contribution in [0.2, 0.25) is 0 Å². The number of rotatable bonds is 4. The van der Waals surface area contributed by atoms with Crippen molar-refractivity contribution in [1.82, 2.24) is 14.9 Å². The summed E-state index contributed by atoms with van der Waals surface area (Å²) in [5, 5.41) is 3.59. The number of ether oxygens (including phenoxy) is 2. The van der Waals surface area contributed by atoms with Gasteiger partial charge in [-0.15, -0.1) is 0 Å². The van der Waals surface area contributed by atoms with E-state index in [2.05, 4.69) is 20.2 Å². The summed E-state index contributed by atoms with van der Waals surface area (Å²) in [6.45, 7) is 3.77. The molecule has 31 heavy (non-hydrogen) atoms. The van der Waals surface area contributed by atoms with Crippen LogP contribution in [0.1, 0.15) is 31.6 Å². The van der Waals surface area contributed by atoms with Crippen molar-refractivity contribution < 1.29 is 14.3 Å². The molecule has 8 nitrogen and oxygen atoms in total. The summed E-state index contributed by atoms with van der Waals surface area (Å²) < 4.78 is 10.7. The summed E-state index contributed by atoms with van der Waals surface area (Å²) in [6, 6.07) is 12.7. The number of nitrogens with one attached hydrogen (secondary N) is 2. The van der Waals surface area contributed by atoms with Crippen LogP contribution in [0.5, 0.6) is 11.5 Å². The van der Waals surface area contributed by atoms with Gasteiger partial charge in [-0.2, -0.15) is 0 Å². The largest absolute Gasteiger partial charge is 0.454 e. The number of benzene rings is 2. The highest BCUT2D eigenvalue weighted by atomic mass is 16.7. The number of carbonyl (C=O) groups excluding carboxylic acids is 1. The first-order valence-electron chi connectivity index (χ1n) is 10.5. The van der Waals surface area contributed by atoms with Crippen molar-refractivity contribution in [2.24, 2.45) is 5.92 Å². The number of amides is 1. The van der Waals surface area contributed by atoms with Gasteiger partial charge in [-0.25, -0.2) is 4.98 Å². The zero-order valence-corrected chi connectivity index (χ0v) is 17.3. The van der Waals surface area contributed by atoms with Crippen LogP contribution in [-0.2, 0) is 4.79 Å². The molecule has 1 fully saturated rings. The molecule has 0 saturated carbocycles. The van der Waals surface area contributed by atoms with E-state index in [1.54, 1.807) is 18.2 Å². The minimum absolute atomic E-state index is 0.0170. The number of piperidine rings is 1. The monoisotopic (exact) mass is 420 g/mol. The number of aromatic nitrogens is 2. The number of aromatic amines is 1. The number of carbonyl (C=O) groups is 1. The van der Waals surface area contributed by atoms with E-state index in [1.807, 2.05) is 31.2 Å². The van der Waals surface area contributed by atoms with Crippen LogP contribution in [0, 0.1) is 5.92 Å². The van der Waals surface area contributed by atoms with Gasteiger partial charge in [0.25, 0.3) is 5.56 Å². The first-order chi connectivity index (χ1) is 15.1. The third kappa shape index (κ3) is 3.86. The number of likely N-dealkylation sites (tertiary alicyclic amines) is 1. The minimum Gasteiger partial charge on any atom is -0.454 e. The molecule has 2 aliphatic heterocycles. The molecule has 0 spiro atoms. The van der Waals surface area contributed by atoms with E-state index in [0.29, 0.717) is 33.9 Å². The first kappa shape index (κ1) is 19.6. The summed E-state index contributed by atoms with van der Waals surface area (Å²) >= 11 is 0. The van der Waals surface area contributed by atoms with E-state index in [0.717, 1.165) is 25.9 Å². The Hall–Kier alpha value is -3.39. The fourth-order valence-electron chi connectivity index (χ4n) is 4.24. The minimum atomic E-state index is -0.120. The van der Waals surface area contributed by atoms with Crippen molar-refractivity contribution in [3.05, 3.63) is 58.6 Å². The van der Waals surface area contributed by atoms with Gasteiger partial charge < -0.3 is 19.8 Å². The molecule has 0 radical (unpaired) electrons. The van der Waals surface area contributed by atoms with Gasteiger partial charge in [0.2, 0.25) is 12.7 Å². The molecule has 1 saturated heterocycles. The summed E-state index contributed by atoms with van der Waals surface area (Å²) in [5.74, 6) is 1.96. The van der Waals surface area contributed by atoms with E-state index in [4.69, 9.17) is 9.47 Å². The average molecular weight is 420 g/mol. The predicted molar refractivity (Wildman–Crippen MR) is 116 cm³/mol. The molecule has 2 aliphatic rings. The van der Waals surface area contributed by atoms with Crippen molar-refractivity contribution in [2.45, 2.75) is 25.8 Å². The molecule has 1 aromatic heterocycles. The molecule has 1 atom stereocenters. The first-order valence-corrected chi connectivity index (χ1v) is 10.5. The van der Waals surface area contributed by atoms with Crippen molar-refractivity contribution in [3.63, 3.8) is 0 Å². The van der Waals surface area contributed by atoms with E-state index in [-0.39, 0.29) is 30.2 Å². The third-order valence-corrected chi connectivity index (χ3v) is 6.12. The summed E-state index contributed by atoms with van der Waals surface area (Å²) in [6.07, 6.45) is 1.50. The number of hydrogen-bond donors (Lipinski definition) is 2. The Labute approximate surface area is 179 Å². The Morgan fingerprint density at radius 2 is 1.94 bits per heavy atom. The van der Waals surface area contributed by atoms with E-state index in [1.165, 1.54) is 0 Å². The van der Waals surface area contributed by atoms with Gasteiger partial charge in [-0.05, 0) is 57.1 Å². The van der Waals surface area contributed by atoms with Gasteiger partial charge in [0.1, 0.15) is 5.82 Å². The Bertz CT molecular complexity index is 1180. The van der Waals surface area contributed by atoms with Crippen LogP contribution in [0.15, 0.2) is 47.3 Å². The SMILES string of the molecule is C[C@H](c1nc2ccccc2c(=O)[nH]1)N1CCC(C(=O)Nc2ccc3c(c2)OCO3)CC1. The van der Waals surface area contributed by atoms with Crippen molar-refractivity contribution in [3.8, 4) is 11.5 Å². The number of fused-ring (bicyclic) bond motifs is 2. The maximum atomic E-state index is 12.7. The number of hydrogen-bond acceptors (Lipinski definition) is 6. The van der Waals surface area contributed by atoms with E-state index < -0.39 is 0 Å². The molecule has 2 N–H and O–H groups in total. The van der Waals surface area contributed by atoms with Crippen LogP contribution < -0.4 is 20.3 Å². The number of para-hydroxylation sites is 1. The second-order valence-corrected chi connectivity index (χ2v) is 8.01. The average Bonchev–Trinajstić information content (AvgIpc) is 3.26. The van der Waals surface area contributed by atoms with Gasteiger partial charge in [0.15, 0.2) is 11.5 Å².